The van der Waals surface area contributed by atoms with E-state index in [4.69, 9.17) is 4.42 Å². The highest BCUT2D eigenvalue weighted by Crippen LogP contribution is 2.26. The van der Waals surface area contributed by atoms with Crippen molar-refractivity contribution in [2.24, 2.45) is 5.92 Å². The van der Waals surface area contributed by atoms with E-state index in [1.165, 1.54) is 6.26 Å². The van der Waals surface area contributed by atoms with Gasteiger partial charge in [-0.2, -0.15) is 0 Å². The van der Waals surface area contributed by atoms with Gasteiger partial charge in [0.25, 0.3) is 11.8 Å². The molecule has 0 unspecified atom stereocenters. The van der Waals surface area contributed by atoms with Gasteiger partial charge in [-0.15, -0.1) is 0 Å². The molecule has 7 nitrogen and oxygen atoms in total. The first-order valence-corrected chi connectivity index (χ1v) is 8.46. The Balaban J connectivity index is 1.76. The topological polar surface area (TPSA) is 99.9 Å². The lowest BCUT2D eigenvalue weighted by atomic mass is 9.90. The number of likely N-dealkylation sites (tertiary alicyclic amines) is 1. The highest BCUT2D eigenvalue weighted by atomic mass is 16.4. The minimum absolute atomic E-state index is 0.177. The van der Waals surface area contributed by atoms with Crippen molar-refractivity contribution in [1.82, 2.24) is 4.90 Å². The number of carbonyl (C=O) groups excluding carboxylic acids is 2. The number of carbonyl (C=O) groups is 3. The number of amides is 2. The van der Waals surface area contributed by atoms with E-state index in [1.807, 2.05) is 0 Å². The molecule has 2 N–H and O–H groups in total. The molecule has 1 fully saturated rings. The van der Waals surface area contributed by atoms with Crippen LogP contribution in [0.5, 0.6) is 0 Å². The number of aliphatic carboxylic acids is 1. The molecular formula is C19H20N2O5. The van der Waals surface area contributed by atoms with Crippen LogP contribution in [-0.4, -0.2) is 40.4 Å². The molecule has 0 aliphatic carbocycles. The Hall–Kier alpha value is -3.09. The van der Waals surface area contributed by atoms with Gasteiger partial charge in [0.05, 0.1) is 12.2 Å². The third-order valence-electron chi connectivity index (χ3n) is 4.68. The van der Waals surface area contributed by atoms with E-state index in [2.05, 4.69) is 5.32 Å². The van der Waals surface area contributed by atoms with E-state index in [-0.39, 0.29) is 17.7 Å². The third-order valence-corrected chi connectivity index (χ3v) is 4.68. The van der Waals surface area contributed by atoms with Gasteiger partial charge in [0.2, 0.25) is 0 Å². The summed E-state index contributed by atoms with van der Waals surface area (Å²) in [5.74, 6) is -1.91. The van der Waals surface area contributed by atoms with Crippen LogP contribution in [0.15, 0.2) is 47.1 Å². The van der Waals surface area contributed by atoms with Gasteiger partial charge >= 0.3 is 5.97 Å². The van der Waals surface area contributed by atoms with Crippen LogP contribution in [-0.2, 0) is 4.79 Å². The number of benzene rings is 1. The Morgan fingerprint density at radius 3 is 2.73 bits per heavy atom. The average Bonchev–Trinajstić information content (AvgIpc) is 3.16. The Labute approximate surface area is 150 Å². The summed E-state index contributed by atoms with van der Waals surface area (Å²) >= 11 is 0. The Kier molecular flexibility index (Phi) is 5.06. The minimum atomic E-state index is -0.880. The zero-order chi connectivity index (χ0) is 18.7. The van der Waals surface area contributed by atoms with Gasteiger partial charge in [0, 0.05) is 23.8 Å². The van der Waals surface area contributed by atoms with Gasteiger partial charge in [0.1, 0.15) is 0 Å². The number of hydrogen-bond donors (Lipinski definition) is 2. The molecule has 7 heteroatoms. The van der Waals surface area contributed by atoms with Crippen LogP contribution in [0.4, 0.5) is 5.69 Å². The number of nitrogens with one attached hydrogen (secondary N) is 1. The van der Waals surface area contributed by atoms with Crippen LogP contribution < -0.4 is 5.32 Å². The number of furan rings is 1. The van der Waals surface area contributed by atoms with Crippen molar-refractivity contribution in [3.63, 3.8) is 0 Å². The quantitative estimate of drug-likeness (QED) is 0.877. The van der Waals surface area contributed by atoms with E-state index in [1.54, 1.807) is 48.2 Å². The second-order valence-electron chi connectivity index (χ2n) is 6.34. The molecule has 0 radical (unpaired) electrons. The second kappa shape index (κ2) is 7.43. The van der Waals surface area contributed by atoms with Gasteiger partial charge in [-0.25, -0.2) is 0 Å². The smallest absolute Gasteiger partial charge is 0.308 e. The minimum Gasteiger partial charge on any atom is -0.481 e. The second-order valence-corrected chi connectivity index (χ2v) is 6.34. The molecule has 2 amide bonds. The molecule has 26 heavy (non-hydrogen) atoms. The molecule has 0 saturated carbocycles. The van der Waals surface area contributed by atoms with Crippen molar-refractivity contribution in [3.8, 4) is 0 Å². The summed E-state index contributed by atoms with van der Waals surface area (Å²) in [5.41, 5.74) is 0.872. The lowest BCUT2D eigenvalue weighted by Crippen LogP contribution is -2.49. The Morgan fingerprint density at radius 1 is 1.23 bits per heavy atom. The van der Waals surface area contributed by atoms with Gasteiger partial charge in [-0.05, 0) is 50.1 Å². The SMILES string of the molecule is C[C@@H]1[C@H](C(=O)O)CCCN1C(=O)c1cccc(NC(=O)c2ccco2)c1. The molecular weight excluding hydrogens is 336 g/mol. The summed E-state index contributed by atoms with van der Waals surface area (Å²) in [6, 6.07) is 9.38. The van der Waals surface area contributed by atoms with E-state index in [0.29, 0.717) is 30.6 Å². The molecule has 0 bridgehead atoms. The lowest BCUT2D eigenvalue weighted by Gasteiger charge is -2.37. The van der Waals surface area contributed by atoms with Crippen LogP contribution >= 0.6 is 0 Å². The van der Waals surface area contributed by atoms with Crippen molar-refractivity contribution in [2.45, 2.75) is 25.8 Å². The first-order valence-electron chi connectivity index (χ1n) is 8.46. The molecule has 2 atom stereocenters. The summed E-state index contributed by atoms with van der Waals surface area (Å²) in [5, 5.41) is 12.0. The molecule has 0 spiro atoms. The van der Waals surface area contributed by atoms with Crippen LogP contribution in [0.25, 0.3) is 0 Å². The van der Waals surface area contributed by atoms with E-state index in [0.717, 1.165) is 0 Å². The third kappa shape index (κ3) is 3.61. The molecule has 3 rings (SSSR count). The standard InChI is InChI=1S/C19H20N2O5/c1-12-15(19(24)25)7-3-9-21(12)18(23)13-5-2-6-14(11-13)20-17(22)16-8-4-10-26-16/h2,4-6,8,10-12,15H,3,7,9H2,1H3,(H,20,22)(H,24,25)/t12-,15-/m1/s1. The summed E-state index contributed by atoms with van der Waals surface area (Å²) in [4.78, 5) is 37.9. The zero-order valence-corrected chi connectivity index (χ0v) is 14.3. The van der Waals surface area contributed by atoms with Crippen LogP contribution in [0.1, 0.15) is 40.7 Å². The molecule has 1 aliphatic heterocycles. The highest BCUT2D eigenvalue weighted by Gasteiger charge is 2.35. The van der Waals surface area contributed by atoms with Crippen LogP contribution in [0.3, 0.4) is 0 Å². The van der Waals surface area contributed by atoms with Crippen molar-refractivity contribution < 1.29 is 23.9 Å². The summed E-state index contributed by atoms with van der Waals surface area (Å²) in [6.45, 7) is 2.28. The van der Waals surface area contributed by atoms with Crippen molar-refractivity contribution in [1.29, 1.82) is 0 Å². The molecule has 1 aliphatic rings. The molecule has 1 saturated heterocycles. The monoisotopic (exact) mass is 356 g/mol. The summed E-state index contributed by atoms with van der Waals surface area (Å²) in [6.07, 6.45) is 2.63. The summed E-state index contributed by atoms with van der Waals surface area (Å²) in [7, 11) is 0. The number of anilines is 1. The molecule has 136 valence electrons. The molecule has 2 aromatic rings. The van der Waals surface area contributed by atoms with Crippen molar-refractivity contribution in [2.75, 3.05) is 11.9 Å². The number of carboxylic acids is 1. The lowest BCUT2D eigenvalue weighted by molar-refractivity contribution is -0.144. The van der Waals surface area contributed by atoms with Gasteiger partial charge in [0.15, 0.2) is 5.76 Å². The van der Waals surface area contributed by atoms with Gasteiger partial charge in [-0.1, -0.05) is 6.07 Å². The normalized spacial score (nSPS) is 19.8. The maximum Gasteiger partial charge on any atom is 0.308 e. The molecule has 1 aromatic carbocycles. The highest BCUT2D eigenvalue weighted by molar-refractivity contribution is 6.03. The number of piperidine rings is 1. The zero-order valence-electron chi connectivity index (χ0n) is 14.3. The first kappa shape index (κ1) is 17.7. The maximum atomic E-state index is 12.8. The predicted molar refractivity (Wildman–Crippen MR) is 94.0 cm³/mol. The van der Waals surface area contributed by atoms with Crippen molar-refractivity contribution >= 4 is 23.5 Å². The fourth-order valence-corrected chi connectivity index (χ4v) is 3.26. The summed E-state index contributed by atoms with van der Waals surface area (Å²) < 4.78 is 5.05. The number of hydrogen-bond acceptors (Lipinski definition) is 4. The van der Waals surface area contributed by atoms with E-state index in [9.17, 15) is 19.5 Å². The average molecular weight is 356 g/mol. The van der Waals surface area contributed by atoms with Crippen molar-refractivity contribution in [3.05, 3.63) is 54.0 Å². The van der Waals surface area contributed by atoms with Gasteiger partial charge in [-0.3, -0.25) is 14.4 Å². The van der Waals surface area contributed by atoms with E-state index < -0.39 is 17.8 Å². The Bertz CT molecular complexity index is 815. The number of rotatable bonds is 4. The maximum absolute atomic E-state index is 12.8. The molecule has 1 aromatic heterocycles. The largest absolute Gasteiger partial charge is 0.481 e. The number of nitrogens with zero attached hydrogens (tertiary/aromatic N) is 1. The van der Waals surface area contributed by atoms with Crippen LogP contribution in [0.2, 0.25) is 0 Å². The fraction of sp³-hybridized carbons (Fsp3) is 0.316. The number of carboxylic acid groups (broad SMARTS) is 1. The predicted octanol–water partition coefficient (Wildman–Crippen LogP) is 2.86. The first-order chi connectivity index (χ1) is 12.5. The van der Waals surface area contributed by atoms with E-state index >= 15 is 0 Å². The molecule has 2 heterocycles. The van der Waals surface area contributed by atoms with Crippen LogP contribution in [0, 0.1) is 5.92 Å². The Morgan fingerprint density at radius 2 is 2.04 bits per heavy atom. The van der Waals surface area contributed by atoms with Gasteiger partial charge < -0.3 is 19.7 Å². The fourth-order valence-electron chi connectivity index (χ4n) is 3.26.